The summed E-state index contributed by atoms with van der Waals surface area (Å²) in [6.45, 7) is 5.69. The zero-order valence-electron chi connectivity index (χ0n) is 14.8. The first kappa shape index (κ1) is 22.0. The lowest BCUT2D eigenvalue weighted by molar-refractivity contribution is -0.137. The van der Waals surface area contributed by atoms with Crippen LogP contribution < -0.4 is 5.73 Å². The van der Waals surface area contributed by atoms with Gasteiger partial charge in [-0.05, 0) is 64.0 Å². The van der Waals surface area contributed by atoms with Gasteiger partial charge in [0.05, 0.1) is 0 Å². The van der Waals surface area contributed by atoms with Crippen molar-refractivity contribution in [3.8, 4) is 0 Å². The number of nitrogens with zero attached hydrogens (tertiary/aromatic N) is 2. The summed E-state index contributed by atoms with van der Waals surface area (Å²) in [7, 11) is 0. The number of nitrogens with two attached hydrogens (primary N) is 1. The van der Waals surface area contributed by atoms with Gasteiger partial charge in [0.15, 0.2) is 0 Å². The van der Waals surface area contributed by atoms with Gasteiger partial charge in [-0.3, -0.25) is 4.79 Å². The van der Waals surface area contributed by atoms with Gasteiger partial charge in [0.1, 0.15) is 0 Å². The van der Waals surface area contributed by atoms with Crippen molar-refractivity contribution in [1.29, 1.82) is 0 Å². The van der Waals surface area contributed by atoms with Gasteiger partial charge in [-0.2, -0.15) is 0 Å². The molecule has 0 spiro atoms. The highest BCUT2D eigenvalue weighted by molar-refractivity contribution is 5.85. The predicted octanol–water partition coefficient (Wildman–Crippen LogP) is 3.07. The molecule has 1 amide bonds. The summed E-state index contributed by atoms with van der Waals surface area (Å²) in [4.78, 5) is 17.5. The van der Waals surface area contributed by atoms with Gasteiger partial charge in [0.2, 0.25) is 5.91 Å². The number of hydrogen-bond donors (Lipinski definition) is 1. The molecule has 3 fully saturated rings. The topological polar surface area (TPSA) is 49.6 Å². The molecule has 3 unspecified atom stereocenters. The Bertz CT molecular complexity index is 375. The first-order valence-electron chi connectivity index (χ1n) is 9.49. The SMILES string of the molecule is Cl.Cl.NC1CCC(C(=O)N2CCCC(CN3CCCCCC3)C2)C1. The van der Waals surface area contributed by atoms with Crippen LogP contribution in [0.5, 0.6) is 0 Å². The quantitative estimate of drug-likeness (QED) is 0.819. The maximum atomic E-state index is 12.7. The molecule has 2 aliphatic heterocycles. The summed E-state index contributed by atoms with van der Waals surface area (Å²) in [6, 6.07) is 0.256. The van der Waals surface area contributed by atoms with Gasteiger partial charge in [0, 0.05) is 31.6 Å². The van der Waals surface area contributed by atoms with Crippen LogP contribution in [0.1, 0.15) is 57.8 Å². The number of amides is 1. The Morgan fingerprint density at radius 3 is 2.25 bits per heavy atom. The summed E-state index contributed by atoms with van der Waals surface area (Å²) in [5.74, 6) is 1.30. The van der Waals surface area contributed by atoms with Crippen molar-refractivity contribution in [2.45, 2.75) is 63.8 Å². The molecule has 1 saturated carbocycles. The number of piperidine rings is 1. The van der Waals surface area contributed by atoms with E-state index in [0.717, 1.165) is 32.4 Å². The van der Waals surface area contributed by atoms with Crippen LogP contribution in [-0.2, 0) is 4.79 Å². The molecule has 3 rings (SSSR count). The lowest BCUT2D eigenvalue weighted by Gasteiger charge is -2.36. The molecule has 24 heavy (non-hydrogen) atoms. The van der Waals surface area contributed by atoms with E-state index in [0.29, 0.717) is 11.8 Å². The molecular weight excluding hydrogens is 345 g/mol. The molecule has 1 aliphatic carbocycles. The highest BCUT2D eigenvalue weighted by atomic mass is 35.5. The van der Waals surface area contributed by atoms with E-state index in [1.807, 2.05) is 0 Å². The standard InChI is InChI=1S/C18H33N3O.2ClH/c19-17-8-7-16(12-17)18(22)21-11-5-6-15(14-21)13-20-9-3-1-2-4-10-20;;/h15-17H,1-14,19H2;2*1H. The lowest BCUT2D eigenvalue weighted by Crippen LogP contribution is -2.45. The molecule has 2 heterocycles. The van der Waals surface area contributed by atoms with Crippen LogP contribution in [0.15, 0.2) is 0 Å². The number of hydrogen-bond acceptors (Lipinski definition) is 3. The van der Waals surface area contributed by atoms with E-state index in [1.165, 1.54) is 58.2 Å². The molecule has 0 aromatic carbocycles. The predicted molar refractivity (Wildman–Crippen MR) is 104 cm³/mol. The van der Waals surface area contributed by atoms with Gasteiger partial charge in [-0.15, -0.1) is 24.8 Å². The molecule has 3 atom stereocenters. The Morgan fingerprint density at radius 2 is 1.62 bits per heavy atom. The van der Waals surface area contributed by atoms with Crippen LogP contribution in [0.4, 0.5) is 0 Å². The molecule has 2 saturated heterocycles. The second-order valence-corrected chi connectivity index (χ2v) is 7.78. The van der Waals surface area contributed by atoms with Crippen molar-refractivity contribution in [2.75, 3.05) is 32.7 Å². The summed E-state index contributed by atoms with van der Waals surface area (Å²) in [6.07, 6.45) is 10.9. The second-order valence-electron chi connectivity index (χ2n) is 7.78. The fourth-order valence-electron chi connectivity index (χ4n) is 4.60. The summed E-state index contributed by atoms with van der Waals surface area (Å²) in [5, 5.41) is 0. The average Bonchev–Trinajstić information content (AvgIpc) is 2.80. The van der Waals surface area contributed by atoms with E-state index < -0.39 is 0 Å². The van der Waals surface area contributed by atoms with Gasteiger partial charge < -0.3 is 15.5 Å². The second kappa shape index (κ2) is 10.8. The Labute approximate surface area is 159 Å². The number of likely N-dealkylation sites (tertiary alicyclic amines) is 2. The van der Waals surface area contributed by atoms with Crippen molar-refractivity contribution in [3.63, 3.8) is 0 Å². The smallest absolute Gasteiger partial charge is 0.225 e. The molecule has 0 aromatic rings. The lowest BCUT2D eigenvalue weighted by atomic mass is 9.95. The minimum atomic E-state index is 0. The fraction of sp³-hybridized carbons (Fsp3) is 0.944. The number of carbonyl (C=O) groups is 1. The molecule has 0 radical (unpaired) electrons. The van der Waals surface area contributed by atoms with Gasteiger partial charge in [-0.1, -0.05) is 12.8 Å². The number of carbonyl (C=O) groups excluding carboxylic acids is 1. The third-order valence-electron chi connectivity index (χ3n) is 5.87. The summed E-state index contributed by atoms with van der Waals surface area (Å²) < 4.78 is 0. The van der Waals surface area contributed by atoms with Crippen molar-refractivity contribution in [3.05, 3.63) is 0 Å². The third kappa shape index (κ3) is 6.05. The molecule has 0 aromatic heterocycles. The summed E-state index contributed by atoms with van der Waals surface area (Å²) >= 11 is 0. The van der Waals surface area contributed by atoms with Crippen LogP contribution >= 0.6 is 24.8 Å². The molecule has 6 heteroatoms. The molecule has 142 valence electrons. The van der Waals surface area contributed by atoms with Crippen LogP contribution in [-0.4, -0.2) is 54.5 Å². The number of halogens is 2. The first-order valence-corrected chi connectivity index (χ1v) is 9.49. The maximum absolute atomic E-state index is 12.7. The molecule has 4 nitrogen and oxygen atoms in total. The molecule has 3 aliphatic rings. The molecule has 0 bridgehead atoms. The Morgan fingerprint density at radius 1 is 0.917 bits per heavy atom. The van der Waals surface area contributed by atoms with Crippen LogP contribution in [0.2, 0.25) is 0 Å². The van der Waals surface area contributed by atoms with E-state index >= 15 is 0 Å². The largest absolute Gasteiger partial charge is 0.342 e. The fourth-order valence-corrected chi connectivity index (χ4v) is 4.60. The Kier molecular flexibility index (Phi) is 9.95. The van der Waals surface area contributed by atoms with Crippen molar-refractivity contribution >= 4 is 30.7 Å². The van der Waals surface area contributed by atoms with E-state index in [4.69, 9.17) is 5.73 Å². The normalized spacial score (nSPS) is 31.7. The highest BCUT2D eigenvalue weighted by Crippen LogP contribution is 2.28. The van der Waals surface area contributed by atoms with Gasteiger partial charge >= 0.3 is 0 Å². The Hall–Kier alpha value is -0.0300. The van der Waals surface area contributed by atoms with E-state index in [9.17, 15) is 4.79 Å². The summed E-state index contributed by atoms with van der Waals surface area (Å²) in [5.41, 5.74) is 5.98. The number of rotatable bonds is 3. The minimum Gasteiger partial charge on any atom is -0.342 e. The zero-order chi connectivity index (χ0) is 15.4. The third-order valence-corrected chi connectivity index (χ3v) is 5.87. The molecular formula is C18H35Cl2N3O. The average molecular weight is 380 g/mol. The maximum Gasteiger partial charge on any atom is 0.225 e. The highest BCUT2D eigenvalue weighted by Gasteiger charge is 2.33. The Balaban J connectivity index is 0.00000144. The zero-order valence-corrected chi connectivity index (χ0v) is 16.5. The van der Waals surface area contributed by atoms with Crippen molar-refractivity contribution in [1.82, 2.24) is 9.80 Å². The van der Waals surface area contributed by atoms with E-state index in [-0.39, 0.29) is 36.8 Å². The van der Waals surface area contributed by atoms with Gasteiger partial charge in [-0.25, -0.2) is 0 Å². The van der Waals surface area contributed by atoms with E-state index in [1.54, 1.807) is 0 Å². The van der Waals surface area contributed by atoms with Crippen LogP contribution in [0.3, 0.4) is 0 Å². The van der Waals surface area contributed by atoms with Crippen molar-refractivity contribution in [2.24, 2.45) is 17.6 Å². The minimum absolute atomic E-state index is 0. The van der Waals surface area contributed by atoms with Crippen LogP contribution in [0, 0.1) is 11.8 Å². The van der Waals surface area contributed by atoms with E-state index in [2.05, 4.69) is 9.80 Å². The van der Waals surface area contributed by atoms with Gasteiger partial charge in [0.25, 0.3) is 0 Å². The first-order chi connectivity index (χ1) is 10.7. The van der Waals surface area contributed by atoms with Crippen molar-refractivity contribution < 1.29 is 4.79 Å². The molecule has 2 N–H and O–H groups in total. The van der Waals surface area contributed by atoms with Crippen LogP contribution in [0.25, 0.3) is 0 Å². The monoisotopic (exact) mass is 379 g/mol.